The predicted molar refractivity (Wildman–Crippen MR) is 71.1 cm³/mol. The van der Waals surface area contributed by atoms with E-state index >= 15 is 0 Å². The molecule has 1 heterocycles. The Morgan fingerprint density at radius 3 is 2.70 bits per heavy atom. The van der Waals surface area contributed by atoms with Gasteiger partial charge in [0.2, 0.25) is 5.82 Å². The fraction of sp³-hybridized carbons (Fsp3) is 0.214. The highest BCUT2D eigenvalue weighted by Gasteiger charge is 2.20. The van der Waals surface area contributed by atoms with Gasteiger partial charge in [-0.15, -0.1) is 0 Å². The summed E-state index contributed by atoms with van der Waals surface area (Å²) in [6.45, 7) is 0.284. The Balaban J connectivity index is 1.92. The first-order chi connectivity index (χ1) is 9.68. The molecule has 0 saturated carbocycles. The standard InChI is InChI=1S/C14H13FN2O3/c15-12-4-1-5-13(14(12)17(18)19)20-10-2-3-11-6-8-16-9-7-11/h1,4-9H,2-3,10H2. The van der Waals surface area contributed by atoms with E-state index in [4.69, 9.17) is 4.74 Å². The van der Waals surface area contributed by atoms with E-state index in [2.05, 4.69) is 4.98 Å². The molecule has 0 aliphatic heterocycles. The molecule has 1 aromatic carbocycles. The molecular weight excluding hydrogens is 263 g/mol. The van der Waals surface area contributed by atoms with Crippen molar-refractivity contribution < 1.29 is 14.1 Å². The van der Waals surface area contributed by atoms with Gasteiger partial charge in [-0.3, -0.25) is 15.1 Å². The normalized spacial score (nSPS) is 10.2. The second-order valence-electron chi connectivity index (χ2n) is 4.15. The van der Waals surface area contributed by atoms with Crippen LogP contribution in [-0.2, 0) is 6.42 Å². The van der Waals surface area contributed by atoms with Crippen LogP contribution in [0.2, 0.25) is 0 Å². The molecule has 1 aromatic heterocycles. The summed E-state index contributed by atoms with van der Waals surface area (Å²) in [4.78, 5) is 13.9. The lowest BCUT2D eigenvalue weighted by atomic mass is 10.1. The van der Waals surface area contributed by atoms with E-state index < -0.39 is 16.4 Å². The Hall–Kier alpha value is -2.50. The van der Waals surface area contributed by atoms with Crippen LogP contribution in [-0.4, -0.2) is 16.5 Å². The van der Waals surface area contributed by atoms with Crippen LogP contribution in [0.3, 0.4) is 0 Å². The summed E-state index contributed by atoms with van der Waals surface area (Å²) >= 11 is 0. The lowest BCUT2D eigenvalue weighted by molar-refractivity contribution is -0.388. The number of pyridine rings is 1. The Kier molecular flexibility index (Phi) is 4.60. The van der Waals surface area contributed by atoms with Gasteiger partial charge in [-0.05, 0) is 42.7 Å². The maximum Gasteiger partial charge on any atom is 0.346 e. The average Bonchev–Trinajstić information content (AvgIpc) is 2.44. The van der Waals surface area contributed by atoms with Crippen molar-refractivity contribution in [2.24, 2.45) is 0 Å². The van der Waals surface area contributed by atoms with Crippen molar-refractivity contribution in [3.8, 4) is 5.75 Å². The molecule has 0 N–H and O–H groups in total. The fourth-order valence-corrected chi connectivity index (χ4v) is 1.80. The number of hydrogen-bond donors (Lipinski definition) is 0. The van der Waals surface area contributed by atoms with Crippen LogP contribution in [0.5, 0.6) is 5.75 Å². The number of aromatic nitrogens is 1. The minimum absolute atomic E-state index is 0.0373. The molecule has 20 heavy (non-hydrogen) atoms. The summed E-state index contributed by atoms with van der Waals surface area (Å²) in [6, 6.07) is 7.62. The van der Waals surface area contributed by atoms with Gasteiger partial charge in [-0.25, -0.2) is 0 Å². The minimum atomic E-state index is -0.887. The van der Waals surface area contributed by atoms with Gasteiger partial charge in [0.15, 0.2) is 5.75 Å². The molecule has 0 unspecified atom stereocenters. The van der Waals surface area contributed by atoms with Crippen LogP contribution in [0.4, 0.5) is 10.1 Å². The number of hydrogen-bond acceptors (Lipinski definition) is 4. The van der Waals surface area contributed by atoms with Crippen LogP contribution >= 0.6 is 0 Å². The van der Waals surface area contributed by atoms with E-state index in [9.17, 15) is 14.5 Å². The smallest absolute Gasteiger partial charge is 0.346 e. The van der Waals surface area contributed by atoms with Gasteiger partial charge < -0.3 is 4.74 Å². The number of para-hydroxylation sites is 1. The van der Waals surface area contributed by atoms with Crippen molar-refractivity contribution in [2.75, 3.05) is 6.61 Å². The van der Waals surface area contributed by atoms with Gasteiger partial charge in [0, 0.05) is 12.4 Å². The Morgan fingerprint density at radius 2 is 2.00 bits per heavy atom. The lowest BCUT2D eigenvalue weighted by Gasteiger charge is -2.07. The molecular formula is C14H13FN2O3. The summed E-state index contributed by atoms with van der Waals surface area (Å²) in [6.07, 6.45) is 4.85. The first-order valence-electron chi connectivity index (χ1n) is 6.13. The fourth-order valence-electron chi connectivity index (χ4n) is 1.80. The summed E-state index contributed by atoms with van der Waals surface area (Å²) in [5, 5.41) is 10.8. The Morgan fingerprint density at radius 1 is 1.25 bits per heavy atom. The van der Waals surface area contributed by atoms with Crippen LogP contribution in [0, 0.1) is 15.9 Å². The third-order valence-corrected chi connectivity index (χ3v) is 2.75. The maximum absolute atomic E-state index is 13.3. The molecule has 2 rings (SSSR count). The number of halogens is 1. The topological polar surface area (TPSA) is 65.3 Å². The zero-order valence-electron chi connectivity index (χ0n) is 10.7. The van der Waals surface area contributed by atoms with Crippen molar-refractivity contribution >= 4 is 5.69 Å². The monoisotopic (exact) mass is 276 g/mol. The highest BCUT2D eigenvalue weighted by Crippen LogP contribution is 2.29. The molecule has 2 aromatic rings. The Labute approximate surface area is 115 Å². The molecule has 6 heteroatoms. The number of nitro groups is 1. The van der Waals surface area contributed by atoms with Gasteiger partial charge >= 0.3 is 5.69 Å². The third kappa shape index (κ3) is 3.50. The van der Waals surface area contributed by atoms with Crippen LogP contribution < -0.4 is 4.74 Å². The molecule has 104 valence electrons. The van der Waals surface area contributed by atoms with E-state index in [1.807, 2.05) is 12.1 Å². The number of nitro benzene ring substituents is 1. The SMILES string of the molecule is O=[N+]([O-])c1c(F)cccc1OCCCc1ccncc1. The quantitative estimate of drug-likeness (QED) is 0.462. The van der Waals surface area contributed by atoms with E-state index in [-0.39, 0.29) is 12.4 Å². The molecule has 0 saturated heterocycles. The summed E-state index contributed by atoms with van der Waals surface area (Å²) in [5.74, 6) is -0.925. The van der Waals surface area contributed by atoms with Gasteiger partial charge in [0.05, 0.1) is 11.5 Å². The molecule has 0 amide bonds. The maximum atomic E-state index is 13.3. The van der Waals surface area contributed by atoms with Crippen molar-refractivity contribution in [3.63, 3.8) is 0 Å². The summed E-state index contributed by atoms with van der Waals surface area (Å²) in [7, 11) is 0. The summed E-state index contributed by atoms with van der Waals surface area (Å²) < 4.78 is 18.7. The molecule has 0 bridgehead atoms. The molecule has 0 fully saturated rings. The first kappa shape index (κ1) is 13.9. The number of ether oxygens (including phenoxy) is 1. The highest BCUT2D eigenvalue weighted by atomic mass is 19.1. The highest BCUT2D eigenvalue weighted by molar-refractivity contribution is 5.47. The molecule has 0 atom stereocenters. The van der Waals surface area contributed by atoms with E-state index in [1.165, 1.54) is 12.1 Å². The van der Waals surface area contributed by atoms with Gasteiger partial charge in [0.1, 0.15) is 0 Å². The van der Waals surface area contributed by atoms with Gasteiger partial charge in [-0.1, -0.05) is 6.07 Å². The minimum Gasteiger partial charge on any atom is -0.487 e. The number of nitrogens with zero attached hydrogens (tertiary/aromatic N) is 2. The van der Waals surface area contributed by atoms with Crippen LogP contribution in [0.1, 0.15) is 12.0 Å². The van der Waals surface area contributed by atoms with E-state index in [1.54, 1.807) is 12.4 Å². The Bertz CT molecular complexity index is 590. The number of benzene rings is 1. The molecule has 0 aliphatic carbocycles. The average molecular weight is 276 g/mol. The second-order valence-corrected chi connectivity index (χ2v) is 4.15. The van der Waals surface area contributed by atoms with E-state index in [0.29, 0.717) is 6.42 Å². The van der Waals surface area contributed by atoms with Gasteiger partial charge in [0.25, 0.3) is 0 Å². The molecule has 0 spiro atoms. The number of rotatable bonds is 6. The second kappa shape index (κ2) is 6.60. The zero-order valence-corrected chi connectivity index (χ0v) is 10.7. The predicted octanol–water partition coefficient (Wildman–Crippen LogP) is 3.14. The summed E-state index contributed by atoms with van der Waals surface area (Å²) in [5.41, 5.74) is 0.494. The van der Waals surface area contributed by atoms with Crippen molar-refractivity contribution in [3.05, 3.63) is 64.2 Å². The molecule has 0 radical (unpaired) electrons. The van der Waals surface area contributed by atoms with Crippen LogP contribution in [0.25, 0.3) is 0 Å². The number of aryl methyl sites for hydroxylation is 1. The van der Waals surface area contributed by atoms with Crippen molar-refractivity contribution in [2.45, 2.75) is 12.8 Å². The van der Waals surface area contributed by atoms with Crippen LogP contribution in [0.15, 0.2) is 42.7 Å². The van der Waals surface area contributed by atoms with Crippen molar-refractivity contribution in [1.82, 2.24) is 4.98 Å². The zero-order chi connectivity index (χ0) is 14.4. The molecule has 5 nitrogen and oxygen atoms in total. The molecule has 0 aliphatic rings. The van der Waals surface area contributed by atoms with E-state index in [0.717, 1.165) is 18.1 Å². The third-order valence-electron chi connectivity index (χ3n) is 2.75. The lowest BCUT2D eigenvalue weighted by Crippen LogP contribution is -2.03. The largest absolute Gasteiger partial charge is 0.487 e. The first-order valence-corrected chi connectivity index (χ1v) is 6.13. The van der Waals surface area contributed by atoms with Crippen molar-refractivity contribution in [1.29, 1.82) is 0 Å². The van der Waals surface area contributed by atoms with Gasteiger partial charge in [-0.2, -0.15) is 4.39 Å².